The zero-order chi connectivity index (χ0) is 13.3. The van der Waals surface area contributed by atoms with E-state index in [4.69, 9.17) is 5.11 Å². The molecule has 1 aliphatic rings. The molecule has 2 N–H and O–H groups in total. The van der Waals surface area contributed by atoms with Crippen LogP contribution in [0.3, 0.4) is 0 Å². The summed E-state index contributed by atoms with van der Waals surface area (Å²) >= 11 is 0. The highest BCUT2D eigenvalue weighted by Gasteiger charge is 2.31. The summed E-state index contributed by atoms with van der Waals surface area (Å²) in [5.41, 5.74) is 2.99. The molecule has 0 bridgehead atoms. The minimum Gasteiger partial charge on any atom is -0.481 e. The molecule has 1 saturated heterocycles. The molecule has 2 rings (SSSR count). The third kappa shape index (κ3) is 2.45. The second kappa shape index (κ2) is 4.68. The van der Waals surface area contributed by atoms with Gasteiger partial charge in [0.1, 0.15) is 0 Å². The van der Waals surface area contributed by atoms with Gasteiger partial charge in [-0.25, -0.2) is 4.79 Å². The first-order valence-electron chi connectivity index (χ1n) is 5.84. The van der Waals surface area contributed by atoms with Crippen LogP contribution in [0.1, 0.15) is 17.5 Å². The Morgan fingerprint density at radius 3 is 2.83 bits per heavy atom. The Morgan fingerprint density at radius 2 is 2.22 bits per heavy atom. The fourth-order valence-corrected chi connectivity index (χ4v) is 2.24. The van der Waals surface area contributed by atoms with Gasteiger partial charge in [0.2, 0.25) is 0 Å². The van der Waals surface area contributed by atoms with E-state index >= 15 is 0 Å². The maximum Gasteiger partial charge on any atom is 0.322 e. The Labute approximate surface area is 105 Å². The van der Waals surface area contributed by atoms with Gasteiger partial charge in [0.15, 0.2) is 0 Å². The van der Waals surface area contributed by atoms with Crippen molar-refractivity contribution in [2.45, 2.75) is 26.3 Å². The minimum absolute atomic E-state index is 0.0485. The molecule has 2 amide bonds. The molecule has 0 aromatic heterocycles. The number of nitrogens with one attached hydrogen (secondary N) is 1. The van der Waals surface area contributed by atoms with Gasteiger partial charge in [-0.2, -0.15) is 0 Å². The van der Waals surface area contributed by atoms with Crippen molar-refractivity contribution in [3.05, 3.63) is 29.3 Å². The van der Waals surface area contributed by atoms with Crippen molar-refractivity contribution in [2.75, 3.05) is 11.4 Å². The highest BCUT2D eigenvalue weighted by atomic mass is 16.4. The molecule has 1 aromatic carbocycles. The number of rotatable bonds is 3. The van der Waals surface area contributed by atoms with Crippen LogP contribution >= 0.6 is 0 Å². The molecule has 1 heterocycles. The minimum atomic E-state index is -0.900. The summed E-state index contributed by atoms with van der Waals surface area (Å²) in [4.78, 5) is 24.1. The lowest BCUT2D eigenvalue weighted by molar-refractivity contribution is -0.137. The van der Waals surface area contributed by atoms with Crippen LogP contribution in [0, 0.1) is 13.8 Å². The number of hydrogen-bond donors (Lipinski definition) is 2. The summed E-state index contributed by atoms with van der Waals surface area (Å²) in [5, 5.41) is 11.4. The second-order valence-electron chi connectivity index (χ2n) is 4.64. The van der Waals surface area contributed by atoms with Crippen LogP contribution in [0.2, 0.25) is 0 Å². The van der Waals surface area contributed by atoms with E-state index in [1.807, 2.05) is 32.0 Å². The van der Waals surface area contributed by atoms with E-state index in [1.54, 1.807) is 4.90 Å². The fourth-order valence-electron chi connectivity index (χ4n) is 2.24. The van der Waals surface area contributed by atoms with Gasteiger partial charge in [0.05, 0.1) is 12.5 Å². The molecule has 0 aliphatic carbocycles. The molecule has 5 nitrogen and oxygen atoms in total. The van der Waals surface area contributed by atoms with E-state index in [0.29, 0.717) is 6.54 Å². The Morgan fingerprint density at radius 1 is 1.50 bits per heavy atom. The van der Waals surface area contributed by atoms with Gasteiger partial charge >= 0.3 is 12.0 Å². The molecular weight excluding hydrogens is 232 g/mol. The maximum absolute atomic E-state index is 11.8. The van der Waals surface area contributed by atoms with Crippen LogP contribution in [-0.2, 0) is 4.79 Å². The number of nitrogens with zero attached hydrogens (tertiary/aromatic N) is 1. The van der Waals surface area contributed by atoms with Crippen LogP contribution in [0.4, 0.5) is 10.5 Å². The van der Waals surface area contributed by atoms with Crippen molar-refractivity contribution in [1.82, 2.24) is 5.32 Å². The Bertz CT molecular complexity index is 499. The highest BCUT2D eigenvalue weighted by Crippen LogP contribution is 2.24. The lowest BCUT2D eigenvalue weighted by Gasteiger charge is -2.17. The first kappa shape index (κ1) is 12.4. The number of carbonyl (C=O) groups excluding carboxylic acids is 1. The number of aliphatic carboxylic acids is 1. The molecule has 1 fully saturated rings. The van der Waals surface area contributed by atoms with Gasteiger partial charge in [0, 0.05) is 12.2 Å². The fraction of sp³-hybridized carbons (Fsp3) is 0.385. The standard InChI is InChI=1S/C13H16N2O3/c1-8-3-4-11(9(2)5-8)15-7-10(6-12(16)17)14-13(15)18/h3-5,10H,6-7H2,1-2H3,(H,14,18)(H,16,17). The first-order valence-corrected chi connectivity index (χ1v) is 5.84. The topological polar surface area (TPSA) is 69.6 Å². The number of anilines is 1. The van der Waals surface area contributed by atoms with Gasteiger partial charge in [-0.05, 0) is 25.5 Å². The summed E-state index contributed by atoms with van der Waals surface area (Å²) in [6.45, 7) is 4.34. The average molecular weight is 248 g/mol. The van der Waals surface area contributed by atoms with Gasteiger partial charge in [-0.1, -0.05) is 17.7 Å². The van der Waals surface area contributed by atoms with Crippen LogP contribution in [0.5, 0.6) is 0 Å². The zero-order valence-electron chi connectivity index (χ0n) is 10.4. The number of carboxylic acid groups (broad SMARTS) is 1. The van der Waals surface area contributed by atoms with Crippen molar-refractivity contribution in [2.24, 2.45) is 0 Å². The van der Waals surface area contributed by atoms with Crippen LogP contribution in [-0.4, -0.2) is 29.7 Å². The SMILES string of the molecule is Cc1ccc(N2CC(CC(=O)O)NC2=O)c(C)c1. The number of benzene rings is 1. The molecular formula is C13H16N2O3. The molecule has 0 radical (unpaired) electrons. The highest BCUT2D eigenvalue weighted by molar-refractivity contribution is 5.95. The lowest BCUT2D eigenvalue weighted by atomic mass is 10.1. The van der Waals surface area contributed by atoms with Crippen molar-refractivity contribution >= 4 is 17.7 Å². The quantitative estimate of drug-likeness (QED) is 0.855. The van der Waals surface area contributed by atoms with Crippen molar-refractivity contribution in [3.63, 3.8) is 0 Å². The normalized spacial score (nSPS) is 18.9. The van der Waals surface area contributed by atoms with Gasteiger partial charge in [0.25, 0.3) is 0 Å². The van der Waals surface area contributed by atoms with Gasteiger partial charge in [-0.15, -0.1) is 0 Å². The number of urea groups is 1. The van der Waals surface area contributed by atoms with Gasteiger partial charge in [-0.3, -0.25) is 9.69 Å². The summed E-state index contributed by atoms with van der Waals surface area (Å²) < 4.78 is 0. The molecule has 18 heavy (non-hydrogen) atoms. The van der Waals surface area contributed by atoms with Crippen LogP contribution in [0.15, 0.2) is 18.2 Å². The van der Waals surface area contributed by atoms with E-state index in [9.17, 15) is 9.59 Å². The molecule has 5 heteroatoms. The van der Waals surface area contributed by atoms with Crippen molar-refractivity contribution in [1.29, 1.82) is 0 Å². The van der Waals surface area contributed by atoms with Crippen LogP contribution in [0.25, 0.3) is 0 Å². The predicted molar refractivity (Wildman–Crippen MR) is 67.8 cm³/mol. The number of aryl methyl sites for hydroxylation is 2. The number of carbonyl (C=O) groups is 2. The smallest absolute Gasteiger partial charge is 0.322 e. The second-order valence-corrected chi connectivity index (χ2v) is 4.64. The van der Waals surface area contributed by atoms with E-state index in [2.05, 4.69) is 5.32 Å². The maximum atomic E-state index is 11.8. The summed E-state index contributed by atoms with van der Waals surface area (Å²) in [6, 6.07) is 5.30. The first-order chi connectivity index (χ1) is 8.47. The molecule has 0 spiro atoms. The van der Waals surface area contributed by atoms with E-state index < -0.39 is 5.97 Å². The van der Waals surface area contributed by atoms with Crippen molar-refractivity contribution in [3.8, 4) is 0 Å². The molecule has 1 atom stereocenters. The Balaban J connectivity index is 2.19. The summed E-state index contributed by atoms with van der Waals surface area (Å²) in [7, 11) is 0. The largest absolute Gasteiger partial charge is 0.481 e. The van der Waals surface area contributed by atoms with E-state index in [0.717, 1.165) is 16.8 Å². The monoisotopic (exact) mass is 248 g/mol. The van der Waals surface area contributed by atoms with E-state index in [-0.39, 0.29) is 18.5 Å². The molecule has 1 unspecified atom stereocenters. The van der Waals surface area contributed by atoms with Gasteiger partial charge < -0.3 is 10.4 Å². The predicted octanol–water partition coefficient (Wildman–Crippen LogP) is 1.68. The van der Waals surface area contributed by atoms with E-state index in [1.165, 1.54) is 0 Å². The molecule has 1 aromatic rings. The third-order valence-electron chi connectivity index (χ3n) is 3.04. The average Bonchev–Trinajstić information content (AvgIpc) is 2.58. The summed E-state index contributed by atoms with van der Waals surface area (Å²) in [5.74, 6) is -0.900. The number of carboxylic acids is 1. The number of hydrogen-bond acceptors (Lipinski definition) is 2. The van der Waals surface area contributed by atoms with Crippen molar-refractivity contribution < 1.29 is 14.7 Å². The zero-order valence-corrected chi connectivity index (χ0v) is 10.4. The Hall–Kier alpha value is -2.04. The molecule has 1 aliphatic heterocycles. The lowest BCUT2D eigenvalue weighted by Crippen LogP contribution is -2.29. The molecule has 96 valence electrons. The Kier molecular flexibility index (Phi) is 3.23. The summed E-state index contributed by atoms with van der Waals surface area (Å²) in [6.07, 6.45) is -0.0485. The number of amides is 2. The molecule has 0 saturated carbocycles. The van der Waals surface area contributed by atoms with Crippen LogP contribution < -0.4 is 10.2 Å². The third-order valence-corrected chi connectivity index (χ3v) is 3.04.